The van der Waals surface area contributed by atoms with Gasteiger partial charge >= 0.3 is 0 Å². The number of rotatable bonds is 2. The van der Waals surface area contributed by atoms with Crippen LogP contribution in [0.4, 0.5) is 0 Å². The van der Waals surface area contributed by atoms with Crippen molar-refractivity contribution in [2.24, 2.45) is 11.8 Å². The van der Waals surface area contributed by atoms with Crippen LogP contribution in [0.1, 0.15) is 25.7 Å². The first-order chi connectivity index (χ1) is 7.68. The summed E-state index contributed by atoms with van der Waals surface area (Å²) < 4.78 is 0. The number of halogens is 2. The first-order valence-electron chi connectivity index (χ1n) is 6.11. The maximum absolute atomic E-state index is 6.77. The molecule has 0 N–H and O–H groups in total. The third-order valence-electron chi connectivity index (χ3n) is 4.36. The first kappa shape index (κ1) is 11.1. The van der Waals surface area contributed by atoms with Crippen LogP contribution in [0.25, 0.3) is 0 Å². The van der Waals surface area contributed by atoms with E-state index >= 15 is 0 Å². The van der Waals surface area contributed by atoms with E-state index in [0.29, 0.717) is 5.54 Å². The molecule has 0 aliphatic heterocycles. The minimum Gasteiger partial charge on any atom is -0.139 e. The van der Waals surface area contributed by atoms with Gasteiger partial charge in [0.2, 0.25) is 0 Å². The van der Waals surface area contributed by atoms with E-state index in [4.69, 9.17) is 22.2 Å². The summed E-state index contributed by atoms with van der Waals surface area (Å²) >= 11 is 13.5. The lowest BCUT2D eigenvalue weighted by atomic mass is 10.0. The Bertz CT molecular complexity index is 377. The monoisotopic (exact) mass is 270 g/mol. The lowest BCUT2D eigenvalue weighted by molar-refractivity contribution is 0.476. The zero-order valence-electron chi connectivity index (χ0n) is 9.20. The summed E-state index contributed by atoms with van der Waals surface area (Å²) in [5, 5.41) is 1.20. The van der Waals surface area contributed by atoms with Crippen molar-refractivity contribution >= 4 is 34.0 Å². The maximum Gasteiger partial charge on any atom is 0.284 e. The largest absolute Gasteiger partial charge is 0.284 e. The van der Waals surface area contributed by atoms with Crippen LogP contribution in [-0.4, -0.2) is 6.69 Å². The Morgan fingerprint density at radius 3 is 2.31 bits per heavy atom. The van der Waals surface area contributed by atoms with Crippen LogP contribution in [0.3, 0.4) is 0 Å². The molecule has 2 bridgehead atoms. The minimum absolute atomic E-state index is 0.594. The molecule has 86 valence electrons. The molecule has 0 spiro atoms. The highest BCUT2D eigenvalue weighted by atomic mass is 35.7. The Morgan fingerprint density at radius 2 is 1.75 bits per heavy atom. The van der Waals surface area contributed by atoms with E-state index in [0.717, 1.165) is 11.8 Å². The molecule has 2 aliphatic rings. The molecule has 0 aromatic heterocycles. The molecule has 1 aromatic carbocycles. The SMILES string of the molecule is Cl[Si](Cl)(c1ccccc1)C1CC2CCC1C2. The van der Waals surface area contributed by atoms with Crippen molar-refractivity contribution in [3.8, 4) is 0 Å². The van der Waals surface area contributed by atoms with Crippen LogP contribution in [0.15, 0.2) is 30.3 Å². The Hall–Kier alpha value is 0.0169. The summed E-state index contributed by atoms with van der Waals surface area (Å²) in [5.74, 6) is 1.73. The van der Waals surface area contributed by atoms with Crippen molar-refractivity contribution < 1.29 is 0 Å². The average molecular weight is 271 g/mol. The Labute approximate surface area is 107 Å². The van der Waals surface area contributed by atoms with E-state index in [1.54, 1.807) is 0 Å². The predicted octanol–water partition coefficient (Wildman–Crippen LogP) is 4.00. The summed E-state index contributed by atoms with van der Waals surface area (Å²) in [7, 11) is 0. The number of fused-ring (bicyclic) bond motifs is 2. The fourth-order valence-electron chi connectivity index (χ4n) is 3.56. The molecule has 0 amide bonds. The quantitative estimate of drug-likeness (QED) is 0.563. The Balaban J connectivity index is 1.88. The third-order valence-corrected chi connectivity index (χ3v) is 10.1. The van der Waals surface area contributed by atoms with Gasteiger partial charge in [-0.3, -0.25) is 0 Å². The number of hydrogen-bond donors (Lipinski definition) is 0. The maximum atomic E-state index is 6.77. The molecular weight excluding hydrogens is 255 g/mol. The summed E-state index contributed by atoms with van der Waals surface area (Å²) in [6.07, 6.45) is 5.43. The van der Waals surface area contributed by atoms with Gasteiger partial charge in [-0.25, -0.2) is 0 Å². The van der Waals surface area contributed by atoms with E-state index in [9.17, 15) is 0 Å². The molecule has 2 fully saturated rings. The summed E-state index contributed by atoms with van der Waals surface area (Å²) in [6, 6.07) is 10.4. The lowest BCUT2D eigenvalue weighted by Crippen LogP contribution is -2.43. The van der Waals surface area contributed by atoms with E-state index in [-0.39, 0.29) is 0 Å². The van der Waals surface area contributed by atoms with Gasteiger partial charge in [0.1, 0.15) is 0 Å². The van der Waals surface area contributed by atoms with Gasteiger partial charge in [0.25, 0.3) is 6.69 Å². The molecule has 3 atom stereocenters. The van der Waals surface area contributed by atoms with E-state index in [1.807, 2.05) is 6.07 Å². The molecule has 3 rings (SSSR count). The molecule has 0 heterocycles. The molecule has 2 aliphatic carbocycles. The number of benzene rings is 1. The van der Waals surface area contributed by atoms with Crippen molar-refractivity contribution in [2.75, 3.05) is 0 Å². The standard InChI is InChI=1S/C13H16Cl2Si/c14-16(15,12-4-2-1-3-5-12)13-9-10-6-7-11(13)8-10/h1-5,10-11,13H,6-9H2. The van der Waals surface area contributed by atoms with E-state index in [2.05, 4.69) is 24.3 Å². The molecule has 16 heavy (non-hydrogen) atoms. The van der Waals surface area contributed by atoms with Crippen LogP contribution >= 0.6 is 22.2 Å². The second-order valence-corrected chi connectivity index (χ2v) is 12.0. The van der Waals surface area contributed by atoms with Gasteiger partial charge in [-0.05, 0) is 35.4 Å². The van der Waals surface area contributed by atoms with Crippen LogP contribution in [0, 0.1) is 11.8 Å². The number of hydrogen-bond acceptors (Lipinski definition) is 0. The van der Waals surface area contributed by atoms with Crippen LogP contribution in [-0.2, 0) is 0 Å². The molecule has 2 saturated carbocycles. The highest BCUT2D eigenvalue weighted by Crippen LogP contribution is 2.56. The molecule has 0 nitrogen and oxygen atoms in total. The van der Waals surface area contributed by atoms with Gasteiger partial charge in [0.15, 0.2) is 0 Å². The van der Waals surface area contributed by atoms with Crippen LogP contribution in [0.5, 0.6) is 0 Å². The van der Waals surface area contributed by atoms with Crippen molar-refractivity contribution in [3.05, 3.63) is 30.3 Å². The summed E-state index contributed by atoms with van der Waals surface area (Å²) in [4.78, 5) is 0. The highest BCUT2D eigenvalue weighted by Gasteiger charge is 2.51. The predicted molar refractivity (Wildman–Crippen MR) is 72.7 cm³/mol. The molecule has 0 radical (unpaired) electrons. The topological polar surface area (TPSA) is 0 Å². The molecule has 0 saturated heterocycles. The Morgan fingerprint density at radius 1 is 1.00 bits per heavy atom. The van der Waals surface area contributed by atoms with Crippen LogP contribution < -0.4 is 5.19 Å². The minimum atomic E-state index is -2.26. The second kappa shape index (κ2) is 4.04. The van der Waals surface area contributed by atoms with Gasteiger partial charge in [-0.1, -0.05) is 43.2 Å². The van der Waals surface area contributed by atoms with Gasteiger partial charge in [0, 0.05) is 0 Å². The van der Waals surface area contributed by atoms with Crippen LogP contribution in [0.2, 0.25) is 5.54 Å². The molecule has 3 unspecified atom stereocenters. The fraction of sp³-hybridized carbons (Fsp3) is 0.538. The average Bonchev–Trinajstić information content (AvgIpc) is 2.92. The Kier molecular flexibility index (Phi) is 2.81. The first-order valence-corrected chi connectivity index (χ1v) is 10.2. The highest BCUT2D eigenvalue weighted by molar-refractivity contribution is 7.51. The summed E-state index contributed by atoms with van der Waals surface area (Å²) in [6.45, 7) is -2.26. The molecule has 3 heteroatoms. The van der Waals surface area contributed by atoms with Gasteiger partial charge < -0.3 is 0 Å². The van der Waals surface area contributed by atoms with Gasteiger partial charge in [-0.2, -0.15) is 0 Å². The van der Waals surface area contributed by atoms with E-state index in [1.165, 1.54) is 30.9 Å². The molecular formula is C13H16Cl2Si. The zero-order chi connectivity index (χ0) is 11.2. The smallest absolute Gasteiger partial charge is 0.139 e. The van der Waals surface area contributed by atoms with Crippen molar-refractivity contribution in [1.82, 2.24) is 0 Å². The zero-order valence-corrected chi connectivity index (χ0v) is 11.7. The van der Waals surface area contributed by atoms with Crippen molar-refractivity contribution in [2.45, 2.75) is 31.2 Å². The lowest BCUT2D eigenvalue weighted by Gasteiger charge is -2.31. The van der Waals surface area contributed by atoms with Crippen molar-refractivity contribution in [3.63, 3.8) is 0 Å². The second-order valence-electron chi connectivity index (χ2n) is 5.27. The summed E-state index contributed by atoms with van der Waals surface area (Å²) in [5.41, 5.74) is 0.594. The van der Waals surface area contributed by atoms with Crippen molar-refractivity contribution in [1.29, 1.82) is 0 Å². The molecule has 1 aromatic rings. The fourth-order valence-corrected chi connectivity index (χ4v) is 8.51. The van der Waals surface area contributed by atoms with Gasteiger partial charge in [0.05, 0.1) is 0 Å². The normalized spacial score (nSPS) is 33.2. The third kappa shape index (κ3) is 1.73. The van der Waals surface area contributed by atoms with E-state index < -0.39 is 6.69 Å². The van der Waals surface area contributed by atoms with Gasteiger partial charge in [-0.15, -0.1) is 22.2 Å².